The summed E-state index contributed by atoms with van der Waals surface area (Å²) >= 11 is 2.23. The van der Waals surface area contributed by atoms with Crippen LogP contribution in [0.15, 0.2) is 29.7 Å². The molecule has 0 aliphatic rings. The highest BCUT2D eigenvalue weighted by Gasteiger charge is 1.99. The van der Waals surface area contributed by atoms with Crippen molar-refractivity contribution in [1.29, 1.82) is 0 Å². The van der Waals surface area contributed by atoms with Gasteiger partial charge in [0.2, 0.25) is 0 Å². The summed E-state index contributed by atoms with van der Waals surface area (Å²) in [6.45, 7) is 5.43. The van der Waals surface area contributed by atoms with Gasteiger partial charge in [0.1, 0.15) is 0 Å². The van der Waals surface area contributed by atoms with Crippen LogP contribution in [0, 0.1) is 6.92 Å². The Morgan fingerprint density at radius 2 is 2.50 bits per heavy atom. The second kappa shape index (κ2) is 4.35. The van der Waals surface area contributed by atoms with Gasteiger partial charge in [0.05, 0.1) is 0 Å². The largest absolute Gasteiger partial charge is 0.271 e. The van der Waals surface area contributed by atoms with Crippen LogP contribution >= 0.6 is 22.6 Å². The molecular weight excluding hydrogens is 263 g/mol. The van der Waals surface area contributed by atoms with Crippen LogP contribution in [0.2, 0.25) is 0 Å². The van der Waals surface area contributed by atoms with Crippen LogP contribution < -0.4 is 0 Å². The number of aliphatic imine (C=N–C) groups is 1. The van der Waals surface area contributed by atoms with E-state index in [1.165, 1.54) is 0 Å². The lowest BCUT2D eigenvalue weighted by atomic mass is 10.1. The van der Waals surface area contributed by atoms with Gasteiger partial charge < -0.3 is 0 Å². The number of rotatable bonds is 2. The number of hydrogen-bond donors (Lipinski definition) is 0. The predicted octanol–water partition coefficient (Wildman–Crippen LogP) is 2.82. The molecule has 0 bridgehead atoms. The second-order valence-electron chi connectivity index (χ2n) is 2.35. The normalized spacial score (nSPS) is 11.3. The van der Waals surface area contributed by atoms with Gasteiger partial charge in [-0.15, -0.1) is 0 Å². The molecule has 0 spiro atoms. The third kappa shape index (κ3) is 2.14. The highest BCUT2D eigenvalue weighted by atomic mass is 127. The number of aryl methyl sites for hydroxylation is 1. The first-order chi connectivity index (χ1) is 5.75. The average Bonchev–Trinajstić information content (AvgIpc) is 2.05. The summed E-state index contributed by atoms with van der Waals surface area (Å²) in [5.74, 6) is 0. The van der Waals surface area contributed by atoms with Gasteiger partial charge in [-0.3, -0.25) is 9.98 Å². The Bertz CT molecular complexity index is 318. The summed E-state index contributed by atoms with van der Waals surface area (Å²) in [6.07, 6.45) is 5.35. The molecule has 12 heavy (non-hydrogen) atoms. The minimum Gasteiger partial charge on any atom is -0.271 e. The van der Waals surface area contributed by atoms with Crippen molar-refractivity contribution in [2.45, 2.75) is 6.92 Å². The Morgan fingerprint density at radius 1 is 1.75 bits per heavy atom. The number of halogens is 1. The van der Waals surface area contributed by atoms with Crippen molar-refractivity contribution in [2.75, 3.05) is 0 Å². The third-order valence-corrected chi connectivity index (χ3v) is 2.34. The Kier molecular flexibility index (Phi) is 3.40. The summed E-state index contributed by atoms with van der Waals surface area (Å²) in [7, 11) is 0. The zero-order valence-corrected chi connectivity index (χ0v) is 8.95. The van der Waals surface area contributed by atoms with Crippen molar-refractivity contribution in [1.82, 2.24) is 4.98 Å². The maximum Gasteiger partial charge on any atom is 0.0400 e. The fourth-order valence-electron chi connectivity index (χ4n) is 0.891. The molecule has 0 aliphatic carbocycles. The van der Waals surface area contributed by atoms with Crippen LogP contribution in [-0.4, -0.2) is 11.7 Å². The van der Waals surface area contributed by atoms with E-state index in [-0.39, 0.29) is 0 Å². The summed E-state index contributed by atoms with van der Waals surface area (Å²) < 4.78 is 1.09. The molecule has 0 amide bonds. The molecule has 3 heteroatoms. The molecule has 1 aromatic heterocycles. The zero-order chi connectivity index (χ0) is 8.97. The maximum atomic E-state index is 4.01. The lowest BCUT2D eigenvalue weighted by molar-refractivity contribution is 1.26. The van der Waals surface area contributed by atoms with E-state index in [0.717, 1.165) is 14.7 Å². The first-order valence-electron chi connectivity index (χ1n) is 3.48. The fourth-order valence-corrected chi connectivity index (χ4v) is 1.69. The summed E-state index contributed by atoms with van der Waals surface area (Å²) in [6, 6.07) is 1.97. The van der Waals surface area contributed by atoms with Crippen LogP contribution in [0.1, 0.15) is 11.1 Å². The molecule has 0 saturated carbocycles. The zero-order valence-electron chi connectivity index (χ0n) is 6.79. The molecule has 1 rings (SSSR count). The van der Waals surface area contributed by atoms with E-state index >= 15 is 0 Å². The summed E-state index contributed by atoms with van der Waals surface area (Å²) in [5.41, 5.74) is 2.32. The van der Waals surface area contributed by atoms with E-state index in [1.54, 1.807) is 12.4 Å². The molecule has 0 N–H and O–H groups in total. The molecule has 62 valence electrons. The molecule has 0 aromatic carbocycles. The van der Waals surface area contributed by atoms with Crippen molar-refractivity contribution in [2.24, 2.45) is 4.99 Å². The molecule has 1 heterocycles. The van der Waals surface area contributed by atoms with Gasteiger partial charge >= 0.3 is 0 Å². The molecule has 0 saturated heterocycles. The predicted molar refractivity (Wildman–Crippen MR) is 60.5 cm³/mol. The number of nitrogens with zero attached hydrogens (tertiary/aromatic N) is 2. The van der Waals surface area contributed by atoms with E-state index in [2.05, 4.69) is 39.3 Å². The third-order valence-electron chi connectivity index (χ3n) is 1.48. The van der Waals surface area contributed by atoms with Crippen molar-refractivity contribution in [3.8, 4) is 0 Å². The van der Waals surface area contributed by atoms with Crippen molar-refractivity contribution < 1.29 is 0 Å². The molecule has 0 radical (unpaired) electrons. The quantitative estimate of drug-likeness (QED) is 0.600. The average molecular weight is 272 g/mol. The van der Waals surface area contributed by atoms with Gasteiger partial charge in [0.25, 0.3) is 0 Å². The van der Waals surface area contributed by atoms with E-state index in [0.29, 0.717) is 0 Å². The van der Waals surface area contributed by atoms with Crippen LogP contribution in [0.3, 0.4) is 0 Å². The number of aromatic nitrogens is 1. The molecule has 0 atom stereocenters. The highest BCUT2D eigenvalue weighted by molar-refractivity contribution is 14.1. The lowest BCUT2D eigenvalue weighted by Gasteiger charge is -2.01. The van der Waals surface area contributed by atoms with Gasteiger partial charge in [0, 0.05) is 22.2 Å². The Labute approximate surface area is 85.6 Å². The van der Waals surface area contributed by atoms with Crippen molar-refractivity contribution >= 4 is 32.9 Å². The standard InChI is InChI=1S/C9H9IN2/c1-7-5-12-4-3-8(7)9(10)6-11-2/h3-6H,2H2,1H3/b9-6+. The maximum absolute atomic E-state index is 4.01. The first-order valence-corrected chi connectivity index (χ1v) is 4.56. The Hall–Kier alpha value is -0.710. The van der Waals surface area contributed by atoms with Crippen LogP contribution in [0.5, 0.6) is 0 Å². The minimum atomic E-state index is 1.09. The monoisotopic (exact) mass is 272 g/mol. The molecular formula is C9H9IN2. The lowest BCUT2D eigenvalue weighted by Crippen LogP contribution is -1.83. The highest BCUT2D eigenvalue weighted by Crippen LogP contribution is 2.23. The van der Waals surface area contributed by atoms with Crippen molar-refractivity contribution in [3.63, 3.8) is 0 Å². The van der Waals surface area contributed by atoms with Gasteiger partial charge in [-0.1, -0.05) is 0 Å². The number of hydrogen-bond acceptors (Lipinski definition) is 2. The second-order valence-corrected chi connectivity index (χ2v) is 3.51. The van der Waals surface area contributed by atoms with E-state index in [9.17, 15) is 0 Å². The van der Waals surface area contributed by atoms with Crippen LogP contribution in [0.4, 0.5) is 0 Å². The molecule has 0 unspecified atom stereocenters. The fraction of sp³-hybridized carbons (Fsp3) is 0.111. The molecule has 1 aromatic rings. The van der Waals surface area contributed by atoms with Crippen LogP contribution in [-0.2, 0) is 0 Å². The smallest absolute Gasteiger partial charge is 0.0400 e. The molecule has 2 nitrogen and oxygen atoms in total. The van der Waals surface area contributed by atoms with E-state index in [4.69, 9.17) is 0 Å². The van der Waals surface area contributed by atoms with E-state index in [1.807, 2.05) is 19.2 Å². The van der Waals surface area contributed by atoms with E-state index < -0.39 is 0 Å². The van der Waals surface area contributed by atoms with Crippen molar-refractivity contribution in [3.05, 3.63) is 35.8 Å². The first kappa shape index (κ1) is 9.38. The van der Waals surface area contributed by atoms with Gasteiger partial charge in [-0.2, -0.15) is 0 Å². The summed E-state index contributed by atoms with van der Waals surface area (Å²) in [5, 5.41) is 0. The topological polar surface area (TPSA) is 25.2 Å². The Morgan fingerprint density at radius 3 is 3.08 bits per heavy atom. The van der Waals surface area contributed by atoms with Gasteiger partial charge in [0.15, 0.2) is 0 Å². The SMILES string of the molecule is C=N/C=C(/I)c1ccncc1C. The van der Waals surface area contributed by atoms with Crippen LogP contribution in [0.25, 0.3) is 3.58 Å². The number of pyridine rings is 1. The summed E-state index contributed by atoms with van der Waals surface area (Å²) in [4.78, 5) is 7.72. The minimum absolute atomic E-state index is 1.09. The van der Waals surface area contributed by atoms with Gasteiger partial charge in [-0.05, 0) is 53.4 Å². The van der Waals surface area contributed by atoms with Gasteiger partial charge in [-0.25, -0.2) is 0 Å². The molecule has 0 fully saturated rings. The Balaban J connectivity index is 3.10. The molecule has 0 aliphatic heterocycles.